The van der Waals surface area contributed by atoms with Gasteiger partial charge in [-0.15, -0.1) is 0 Å². The third kappa shape index (κ3) is 3.68. The van der Waals surface area contributed by atoms with E-state index in [1.54, 1.807) is 13.8 Å². The Morgan fingerprint density at radius 3 is 2.21 bits per heavy atom. The van der Waals surface area contributed by atoms with Gasteiger partial charge in [0, 0.05) is 0 Å². The number of hydrogen-bond acceptors (Lipinski definition) is 5. The van der Waals surface area contributed by atoms with Crippen LogP contribution in [-0.4, -0.2) is 38.2 Å². The van der Waals surface area contributed by atoms with Gasteiger partial charge in [-0.2, -0.15) is 0 Å². The predicted molar refractivity (Wildman–Crippen MR) is 73.8 cm³/mol. The van der Waals surface area contributed by atoms with E-state index in [2.05, 4.69) is 7.49 Å². The molecule has 0 aliphatic carbocycles. The molecule has 0 heterocycles. The summed E-state index contributed by atoms with van der Waals surface area (Å²) in [6.07, 6.45) is 0. The molecule has 0 unspecified atom stereocenters. The summed E-state index contributed by atoms with van der Waals surface area (Å²) in [5.41, 5.74) is 6.80. The molecule has 0 radical (unpaired) electrons. The molecule has 1 rings (SSSR count). The van der Waals surface area contributed by atoms with Gasteiger partial charge in [-0.05, 0) is 0 Å². The van der Waals surface area contributed by atoms with Crippen LogP contribution in [0.15, 0.2) is 18.2 Å². The molecule has 0 amide bonds. The van der Waals surface area contributed by atoms with E-state index in [0.717, 1.165) is 0 Å². The van der Waals surface area contributed by atoms with Crippen LogP contribution in [0.5, 0.6) is 0 Å². The second-order valence-corrected chi connectivity index (χ2v) is 3.73. The van der Waals surface area contributed by atoms with Crippen molar-refractivity contribution in [1.29, 1.82) is 0 Å². The fraction of sp³-hybridized carbons (Fsp3) is 0.308. The molecule has 0 aromatic heterocycles. The van der Waals surface area contributed by atoms with Crippen LogP contribution in [0.3, 0.4) is 0 Å². The van der Waals surface area contributed by atoms with Gasteiger partial charge >= 0.3 is 112 Å². The van der Waals surface area contributed by atoms with Crippen molar-refractivity contribution in [3.05, 3.63) is 34.9 Å². The molecule has 0 saturated heterocycles. The van der Waals surface area contributed by atoms with Crippen molar-refractivity contribution < 1.29 is 19.1 Å². The normalized spacial score (nSPS) is 9.74. The summed E-state index contributed by atoms with van der Waals surface area (Å²) in [6.45, 7) is 3.96. The zero-order valence-corrected chi connectivity index (χ0v) is 11.1. The summed E-state index contributed by atoms with van der Waals surface area (Å²) in [6, 6.07) is 4.46. The van der Waals surface area contributed by atoms with E-state index in [0.29, 0.717) is 11.1 Å². The maximum absolute atomic E-state index is 11.7. The molecule has 2 N–H and O–H groups in total. The van der Waals surface area contributed by atoms with Crippen LogP contribution in [0.2, 0.25) is 0 Å². The molecular formula is C13H16BNO4. The van der Waals surface area contributed by atoms with E-state index in [9.17, 15) is 9.59 Å². The minimum absolute atomic E-state index is 0.189. The number of hydrogen-bond donors (Lipinski definition) is 1. The van der Waals surface area contributed by atoms with Crippen LogP contribution in [-0.2, 0) is 9.47 Å². The van der Waals surface area contributed by atoms with Crippen LogP contribution in [0.1, 0.15) is 40.1 Å². The Bertz CT molecular complexity index is 513. The van der Waals surface area contributed by atoms with Crippen molar-refractivity contribution in [2.45, 2.75) is 13.8 Å². The molecule has 0 bridgehead atoms. The second kappa shape index (κ2) is 6.73. The average Bonchev–Trinajstić information content (AvgIpc) is 2.38. The summed E-state index contributed by atoms with van der Waals surface area (Å²) >= 11 is 0. The number of carbonyl (C=O) groups excluding carboxylic acids is 2. The molecule has 0 aliphatic heterocycles. The number of benzene rings is 1. The third-order valence-electron chi connectivity index (χ3n) is 2.37. The molecule has 6 heteroatoms. The Hall–Kier alpha value is -2.11. The van der Waals surface area contributed by atoms with E-state index in [1.165, 1.54) is 18.2 Å². The molecule has 19 heavy (non-hydrogen) atoms. The second-order valence-electron chi connectivity index (χ2n) is 3.73. The molecule has 0 atom stereocenters. The van der Waals surface area contributed by atoms with Gasteiger partial charge in [0.05, 0.1) is 0 Å². The number of ether oxygens (including phenoxy) is 2. The van der Waals surface area contributed by atoms with Crippen molar-refractivity contribution in [2.24, 2.45) is 5.73 Å². The van der Waals surface area contributed by atoms with Gasteiger partial charge in [-0.25, -0.2) is 0 Å². The molecule has 0 fully saturated rings. The maximum atomic E-state index is 11.7. The first-order valence-electron chi connectivity index (χ1n) is 5.94. The number of carbonyl (C=O) groups is 2. The summed E-state index contributed by atoms with van der Waals surface area (Å²) in [4.78, 5) is 23.4. The van der Waals surface area contributed by atoms with E-state index in [4.69, 9.17) is 15.2 Å². The van der Waals surface area contributed by atoms with Gasteiger partial charge in [-0.3, -0.25) is 0 Å². The standard InChI is InChI=1S/C13H16BNO4/c1-3-18-12(16)8-5-6-9(13(17)19-4-2)10(7-8)11(14)15/h5-7,14H,3-4,15H2,1-2H3. The van der Waals surface area contributed by atoms with E-state index >= 15 is 0 Å². The molecule has 1 aromatic rings. The van der Waals surface area contributed by atoms with Crippen LogP contribution < -0.4 is 5.73 Å². The third-order valence-corrected chi connectivity index (χ3v) is 2.37. The van der Waals surface area contributed by atoms with Crippen LogP contribution in [0.4, 0.5) is 0 Å². The Morgan fingerprint density at radius 1 is 1.11 bits per heavy atom. The van der Waals surface area contributed by atoms with Crippen molar-refractivity contribution in [2.75, 3.05) is 13.2 Å². The van der Waals surface area contributed by atoms with E-state index in [1.807, 2.05) is 0 Å². The fourth-order valence-corrected chi connectivity index (χ4v) is 1.54. The van der Waals surface area contributed by atoms with Gasteiger partial charge in [0.15, 0.2) is 0 Å². The summed E-state index contributed by atoms with van der Waals surface area (Å²) in [5, 5.41) is 0. The first-order chi connectivity index (χ1) is 9.01. The zero-order valence-electron chi connectivity index (χ0n) is 11.1. The fourth-order valence-electron chi connectivity index (χ4n) is 1.54. The molecule has 5 nitrogen and oxygen atoms in total. The van der Waals surface area contributed by atoms with Crippen molar-refractivity contribution in [1.82, 2.24) is 0 Å². The number of esters is 2. The first kappa shape index (κ1) is 15.0. The Morgan fingerprint density at radius 2 is 1.68 bits per heavy atom. The Labute approximate surface area is 112 Å². The van der Waals surface area contributed by atoms with E-state index in [-0.39, 0.29) is 24.4 Å². The van der Waals surface area contributed by atoms with Crippen molar-refractivity contribution in [3.63, 3.8) is 0 Å². The molecule has 0 aliphatic rings. The molecule has 0 saturated carbocycles. The monoisotopic (exact) mass is 261 g/mol. The van der Waals surface area contributed by atoms with Crippen LogP contribution >= 0.6 is 0 Å². The van der Waals surface area contributed by atoms with Gasteiger partial charge in [0.1, 0.15) is 0 Å². The van der Waals surface area contributed by atoms with Crippen LogP contribution in [0.25, 0.3) is 0 Å². The van der Waals surface area contributed by atoms with Crippen LogP contribution in [0, 0.1) is 0 Å². The molecule has 100 valence electrons. The number of nitrogens with two attached hydrogens (primary N) is 1. The molecule has 0 spiro atoms. The number of rotatable bonds is 5. The van der Waals surface area contributed by atoms with Crippen molar-refractivity contribution in [3.8, 4) is 0 Å². The van der Waals surface area contributed by atoms with Crippen molar-refractivity contribution >= 4 is 25.0 Å². The Balaban J connectivity index is 3.18. The average molecular weight is 261 g/mol. The summed E-state index contributed by atoms with van der Waals surface area (Å²) in [5.74, 6) is -0.972. The first-order valence-corrected chi connectivity index (χ1v) is 5.94. The topological polar surface area (TPSA) is 78.6 Å². The SMILES string of the molecule is B=C(N)c1cc(C(=O)OCC)ccc1C(=O)OCC. The predicted octanol–water partition coefficient (Wildman–Crippen LogP) is 0.377. The minimum atomic E-state index is -0.500. The van der Waals surface area contributed by atoms with E-state index < -0.39 is 11.9 Å². The van der Waals surface area contributed by atoms with Gasteiger partial charge in [0.2, 0.25) is 0 Å². The van der Waals surface area contributed by atoms with Gasteiger partial charge in [-0.1, -0.05) is 0 Å². The summed E-state index contributed by atoms with van der Waals surface area (Å²) < 4.78 is 9.80. The zero-order chi connectivity index (χ0) is 14.4. The quantitative estimate of drug-likeness (QED) is 0.612. The molecular weight excluding hydrogens is 245 g/mol. The van der Waals surface area contributed by atoms with Gasteiger partial charge < -0.3 is 0 Å². The summed E-state index contributed by atoms with van der Waals surface area (Å²) in [7, 11) is 3.59. The Kier molecular flexibility index (Phi) is 5.29. The van der Waals surface area contributed by atoms with Gasteiger partial charge in [0.25, 0.3) is 0 Å². The molecule has 1 aromatic carbocycles.